The van der Waals surface area contributed by atoms with Crippen LogP contribution in [0.15, 0.2) is 0 Å². The Kier molecular flexibility index (Phi) is 4.54. The van der Waals surface area contributed by atoms with E-state index in [4.69, 9.17) is 5.73 Å². The van der Waals surface area contributed by atoms with Crippen LogP contribution >= 0.6 is 0 Å². The number of nitrogens with two attached hydrogens (primary N) is 1. The number of hydrogen-bond donors (Lipinski definition) is 3. The van der Waals surface area contributed by atoms with Crippen molar-refractivity contribution < 1.29 is 4.79 Å². The molecule has 4 N–H and O–H groups in total. The van der Waals surface area contributed by atoms with Gasteiger partial charge in [-0.05, 0) is 25.3 Å². The van der Waals surface area contributed by atoms with Crippen LogP contribution in [0.2, 0.25) is 0 Å². The first-order chi connectivity index (χ1) is 10.3. The first-order valence-electron chi connectivity index (χ1n) is 7.42. The predicted octanol–water partition coefficient (Wildman–Crippen LogP) is 1.72. The molecule has 2 amide bonds. The highest BCUT2D eigenvalue weighted by molar-refractivity contribution is 5.88. The van der Waals surface area contributed by atoms with Crippen molar-refractivity contribution in [3.8, 4) is 0 Å². The van der Waals surface area contributed by atoms with Crippen LogP contribution < -0.4 is 16.4 Å². The number of aromatic nitrogens is 3. The molecule has 0 aliphatic carbocycles. The minimum Gasteiger partial charge on any atom is -0.382 e. The quantitative estimate of drug-likeness (QED) is 0.801. The highest BCUT2D eigenvalue weighted by Crippen LogP contribution is 2.26. The molecule has 7 heteroatoms. The van der Waals surface area contributed by atoms with Crippen molar-refractivity contribution in [3.05, 3.63) is 17.1 Å². The van der Waals surface area contributed by atoms with E-state index >= 15 is 0 Å². The summed E-state index contributed by atoms with van der Waals surface area (Å²) >= 11 is 0. The van der Waals surface area contributed by atoms with E-state index in [1.165, 1.54) is 0 Å². The van der Waals surface area contributed by atoms with Gasteiger partial charge in [-0.3, -0.25) is 0 Å². The molecule has 0 bridgehead atoms. The summed E-state index contributed by atoms with van der Waals surface area (Å²) in [6.45, 7) is 9.42. The molecule has 0 aromatic carbocycles. The average Bonchev–Trinajstić information content (AvgIpc) is 2.81. The topological polar surface area (TPSA) is 97.9 Å². The van der Waals surface area contributed by atoms with Crippen LogP contribution in [0.3, 0.4) is 0 Å². The van der Waals surface area contributed by atoms with Crippen molar-refractivity contribution in [3.63, 3.8) is 0 Å². The van der Waals surface area contributed by atoms with E-state index in [0.29, 0.717) is 23.8 Å². The van der Waals surface area contributed by atoms with Gasteiger partial charge in [0, 0.05) is 19.3 Å². The summed E-state index contributed by atoms with van der Waals surface area (Å²) in [6.07, 6.45) is 0. The summed E-state index contributed by atoms with van der Waals surface area (Å²) < 4.78 is 2.14. The third kappa shape index (κ3) is 2.98. The van der Waals surface area contributed by atoms with Gasteiger partial charge in [0.25, 0.3) is 0 Å². The molecule has 22 heavy (non-hydrogen) atoms. The number of nitrogen functional groups attached to an aromatic ring is 1. The number of urea groups is 1. The van der Waals surface area contributed by atoms with Crippen LogP contribution in [-0.4, -0.2) is 27.6 Å². The SMILES string of the molecule is CNC(=O)NCc1nc2c(N)nc(C)c(C)c2n1CC(C)C. The molecule has 0 saturated heterocycles. The minimum absolute atomic E-state index is 0.234. The zero-order chi connectivity index (χ0) is 16.4. The van der Waals surface area contributed by atoms with Crippen LogP contribution in [0.25, 0.3) is 11.0 Å². The molecule has 0 aliphatic rings. The van der Waals surface area contributed by atoms with Gasteiger partial charge in [0.05, 0.1) is 12.1 Å². The molecule has 0 unspecified atom stereocenters. The van der Waals surface area contributed by atoms with Crippen LogP contribution in [0.5, 0.6) is 0 Å². The maximum Gasteiger partial charge on any atom is 0.314 e. The van der Waals surface area contributed by atoms with Gasteiger partial charge in [-0.1, -0.05) is 13.8 Å². The number of carbonyl (C=O) groups excluding carboxylic acids is 1. The Bertz CT molecular complexity index is 704. The summed E-state index contributed by atoms with van der Waals surface area (Å²) in [6, 6.07) is -0.234. The molecular weight excluding hydrogens is 280 g/mol. The van der Waals surface area contributed by atoms with E-state index in [1.54, 1.807) is 7.05 Å². The first kappa shape index (κ1) is 16.1. The molecular formula is C15H24N6O. The lowest BCUT2D eigenvalue weighted by molar-refractivity contribution is 0.242. The number of nitrogens with zero attached hydrogens (tertiary/aromatic N) is 3. The van der Waals surface area contributed by atoms with Gasteiger partial charge in [-0.15, -0.1) is 0 Å². The van der Waals surface area contributed by atoms with Gasteiger partial charge >= 0.3 is 6.03 Å². The van der Waals surface area contributed by atoms with E-state index in [1.807, 2.05) is 13.8 Å². The van der Waals surface area contributed by atoms with Crippen molar-refractivity contribution in [1.82, 2.24) is 25.2 Å². The zero-order valence-corrected chi connectivity index (χ0v) is 13.8. The summed E-state index contributed by atoms with van der Waals surface area (Å²) in [5, 5.41) is 5.32. The standard InChI is InChI=1S/C15H24N6O/c1-8(2)7-21-11(6-18-15(22)17-5)20-12-13(21)9(3)10(4)19-14(12)16/h8H,6-7H2,1-5H3,(H2,16,19)(H2,17,18,22). The highest BCUT2D eigenvalue weighted by Gasteiger charge is 2.18. The lowest BCUT2D eigenvalue weighted by Crippen LogP contribution is -2.33. The first-order valence-corrected chi connectivity index (χ1v) is 7.42. The maximum absolute atomic E-state index is 11.4. The van der Waals surface area contributed by atoms with Gasteiger partial charge in [-0.2, -0.15) is 0 Å². The van der Waals surface area contributed by atoms with Crippen LogP contribution in [0, 0.1) is 19.8 Å². The van der Waals surface area contributed by atoms with E-state index in [9.17, 15) is 4.79 Å². The fourth-order valence-electron chi connectivity index (χ4n) is 2.49. The van der Waals surface area contributed by atoms with Crippen molar-refractivity contribution in [2.75, 3.05) is 12.8 Å². The lowest BCUT2D eigenvalue weighted by Gasteiger charge is -2.14. The molecule has 0 radical (unpaired) electrons. The molecule has 2 aromatic rings. The molecule has 120 valence electrons. The highest BCUT2D eigenvalue weighted by atomic mass is 16.2. The molecule has 7 nitrogen and oxygen atoms in total. The predicted molar refractivity (Wildman–Crippen MR) is 87.5 cm³/mol. The van der Waals surface area contributed by atoms with Crippen molar-refractivity contribution >= 4 is 22.9 Å². The molecule has 2 aromatic heterocycles. The zero-order valence-electron chi connectivity index (χ0n) is 13.8. The summed E-state index contributed by atoms with van der Waals surface area (Å²) in [5.41, 5.74) is 9.72. The Morgan fingerprint density at radius 1 is 1.32 bits per heavy atom. The third-order valence-electron chi connectivity index (χ3n) is 3.66. The number of imidazole rings is 1. The average molecular weight is 304 g/mol. The fourth-order valence-corrected chi connectivity index (χ4v) is 2.49. The van der Waals surface area contributed by atoms with E-state index in [-0.39, 0.29) is 6.03 Å². The molecule has 0 saturated carbocycles. The van der Waals surface area contributed by atoms with Crippen LogP contribution in [0.1, 0.15) is 30.9 Å². The number of rotatable bonds is 4. The molecule has 0 spiro atoms. The largest absolute Gasteiger partial charge is 0.382 e. The number of pyridine rings is 1. The lowest BCUT2D eigenvalue weighted by atomic mass is 10.1. The molecule has 2 rings (SSSR count). The second kappa shape index (κ2) is 6.21. The Morgan fingerprint density at radius 3 is 2.59 bits per heavy atom. The van der Waals surface area contributed by atoms with Crippen LogP contribution in [-0.2, 0) is 13.1 Å². The summed E-state index contributed by atoms with van der Waals surface area (Å²) in [7, 11) is 1.59. The van der Waals surface area contributed by atoms with Crippen molar-refractivity contribution in [2.24, 2.45) is 5.92 Å². The summed E-state index contributed by atoms with van der Waals surface area (Å²) in [4.78, 5) is 20.4. The molecule has 0 aliphatic heterocycles. The van der Waals surface area contributed by atoms with Gasteiger partial charge in [0.15, 0.2) is 5.82 Å². The Balaban J connectivity index is 2.57. The monoisotopic (exact) mass is 304 g/mol. The third-order valence-corrected chi connectivity index (χ3v) is 3.66. The number of fused-ring (bicyclic) bond motifs is 1. The molecule has 2 heterocycles. The van der Waals surface area contributed by atoms with E-state index < -0.39 is 0 Å². The molecule has 0 atom stereocenters. The number of hydrogen-bond acceptors (Lipinski definition) is 4. The number of carbonyl (C=O) groups is 1. The number of aryl methyl sites for hydroxylation is 2. The normalized spacial score (nSPS) is 11.2. The Labute approximate surface area is 130 Å². The molecule has 0 fully saturated rings. The maximum atomic E-state index is 11.4. The number of amides is 2. The van der Waals surface area contributed by atoms with Gasteiger partial charge in [-0.25, -0.2) is 14.8 Å². The number of nitrogens with one attached hydrogen (secondary N) is 2. The van der Waals surface area contributed by atoms with Gasteiger partial charge < -0.3 is 20.9 Å². The van der Waals surface area contributed by atoms with Crippen LogP contribution in [0.4, 0.5) is 10.6 Å². The van der Waals surface area contributed by atoms with Gasteiger partial charge in [0.2, 0.25) is 0 Å². The van der Waals surface area contributed by atoms with Crippen molar-refractivity contribution in [2.45, 2.75) is 40.8 Å². The van der Waals surface area contributed by atoms with E-state index in [2.05, 4.69) is 39.0 Å². The number of anilines is 1. The second-order valence-electron chi connectivity index (χ2n) is 5.87. The van der Waals surface area contributed by atoms with E-state index in [0.717, 1.165) is 29.1 Å². The van der Waals surface area contributed by atoms with Gasteiger partial charge in [0.1, 0.15) is 11.3 Å². The van der Waals surface area contributed by atoms with Crippen molar-refractivity contribution in [1.29, 1.82) is 0 Å². The summed E-state index contributed by atoms with van der Waals surface area (Å²) in [5.74, 6) is 1.67. The fraction of sp³-hybridized carbons (Fsp3) is 0.533. The Hall–Kier alpha value is -2.31. The second-order valence-corrected chi connectivity index (χ2v) is 5.87. The minimum atomic E-state index is -0.234. The Morgan fingerprint density at radius 2 is 2.00 bits per heavy atom. The smallest absolute Gasteiger partial charge is 0.314 e.